The number of hydrogen-bond acceptors (Lipinski definition) is 13. The van der Waals surface area contributed by atoms with E-state index in [0.717, 1.165) is 10.5 Å². The van der Waals surface area contributed by atoms with Crippen LogP contribution in [0.3, 0.4) is 0 Å². The van der Waals surface area contributed by atoms with E-state index in [0.29, 0.717) is 20.9 Å². The Hall–Kier alpha value is -5.66. The van der Waals surface area contributed by atoms with Gasteiger partial charge in [0.2, 0.25) is 0 Å². The zero-order valence-corrected chi connectivity index (χ0v) is 56.5. The molecule has 0 saturated heterocycles. The summed E-state index contributed by atoms with van der Waals surface area (Å²) in [6.45, 7) is 42.7. The summed E-state index contributed by atoms with van der Waals surface area (Å²) >= 11 is -0.563. The summed E-state index contributed by atoms with van der Waals surface area (Å²) in [4.78, 5) is 84.1. The monoisotopic (exact) mass is 1290 g/mol. The molecule has 23 heteroatoms. The zero-order valence-electron chi connectivity index (χ0n) is 52.7. The molecule has 0 radical (unpaired) electrons. The number of carboxylic acid groups (broad SMARTS) is 3. The minimum Gasteiger partial charge on any atom is -0.480 e. The molecular weight excluding hydrogens is 1200 g/mol. The van der Waals surface area contributed by atoms with E-state index in [2.05, 4.69) is 5.73 Å². The second kappa shape index (κ2) is 33.4. The van der Waals surface area contributed by atoms with Crippen molar-refractivity contribution in [2.45, 2.75) is 208 Å². The first-order valence-corrected chi connectivity index (χ1v) is 30.8. The maximum atomic E-state index is 12.9. The van der Waals surface area contributed by atoms with Gasteiger partial charge in [0.05, 0.1) is 9.73 Å². The molecule has 0 spiro atoms. The molecule has 0 aromatic heterocycles. The van der Waals surface area contributed by atoms with E-state index < -0.39 is 88.9 Å². The molecular formula is C58H98IN6O14S2-. The number of carboxylic acids is 2. The number of halogens is 1. The van der Waals surface area contributed by atoms with Crippen molar-refractivity contribution < 1.29 is 86.7 Å². The van der Waals surface area contributed by atoms with Crippen LogP contribution in [0.15, 0.2) is 88.7 Å². The summed E-state index contributed by atoms with van der Waals surface area (Å²) < 4.78 is 42.5. The summed E-state index contributed by atoms with van der Waals surface area (Å²) in [5, 5.41) is 24.2. The number of hydrogen-bond donors (Lipinski definition) is 6. The van der Waals surface area contributed by atoms with Gasteiger partial charge in [-0.25, -0.2) is 23.4 Å². The van der Waals surface area contributed by atoms with Crippen molar-refractivity contribution in [3.8, 4) is 0 Å². The van der Waals surface area contributed by atoms with Crippen molar-refractivity contribution in [3.05, 3.63) is 93.6 Å². The summed E-state index contributed by atoms with van der Waals surface area (Å²) in [6, 6.07) is 22.5. The van der Waals surface area contributed by atoms with Crippen molar-refractivity contribution >= 4 is 62.4 Å². The third-order valence-corrected chi connectivity index (χ3v) is 13.8. The van der Waals surface area contributed by atoms with Crippen molar-refractivity contribution in [2.24, 2.45) is 11.1 Å². The summed E-state index contributed by atoms with van der Waals surface area (Å²) in [6.07, 6.45) is 1.05. The fourth-order valence-electron chi connectivity index (χ4n) is 7.68. The van der Waals surface area contributed by atoms with Crippen LogP contribution in [-0.4, -0.2) is 132 Å². The van der Waals surface area contributed by atoms with Crippen LogP contribution in [0.25, 0.3) is 0 Å². The molecule has 3 aromatic carbocycles. The summed E-state index contributed by atoms with van der Waals surface area (Å²) in [5.41, 5.74) is 1.94. The molecule has 3 rings (SSSR count). The van der Waals surface area contributed by atoms with Gasteiger partial charge in [0.1, 0.15) is 11.6 Å². The Morgan fingerprint density at radius 3 is 1.26 bits per heavy atom. The Labute approximate surface area is 497 Å². The van der Waals surface area contributed by atoms with Crippen LogP contribution in [0.2, 0.25) is 0 Å². The number of primary amides is 1. The standard InChI is InChI=1S/C16H26N2O2S.C16H25NO2S.C15H29NO4.C8H8IO2.C2H4O2.CH3NO2.H3N/c1-15(2,3)18(16(4,5)6)14(19)12-9-8-10-13(11-12)21(7,17)20;1-15(2,3)17(16(4,5)6)14(18)12-9-8-10-13(11-12)20(7)19;1-13(2,3)10(11(17)18)16(14(4,5)6)12(19)20-15(7,8)9;1-7(10)11-9-8-5-3-2-4-6-8;1-2(3)4;2-1(3)4;/h8-11,17H,1-7H3;8-11H,1-7H3;10H,1-9H3,(H,17,18);2-6H,1H3;1H3,(H,3,4);2H2,(H,3,4);1H3/q;;;-1;;;/t;;10-;;;;/m..0..../s1. The van der Waals surface area contributed by atoms with Crippen LogP contribution in [0.1, 0.15) is 180 Å². The second-order valence-electron chi connectivity index (χ2n) is 25.2. The first kappa shape index (κ1) is 81.8. The molecule has 0 aliphatic heterocycles. The van der Waals surface area contributed by atoms with Gasteiger partial charge in [0.15, 0.2) is 0 Å². The normalized spacial score (nSPS) is 13.0. The maximum Gasteiger partial charge on any atom is 0.411 e. The number of aliphatic carboxylic acids is 2. The Balaban J connectivity index is -0.000000471. The topological polar surface area (TPSA) is 327 Å². The van der Waals surface area contributed by atoms with Gasteiger partial charge in [0.25, 0.3) is 17.8 Å². The summed E-state index contributed by atoms with van der Waals surface area (Å²) in [7, 11) is -3.91. The molecule has 4 amide bonds. The van der Waals surface area contributed by atoms with Crippen molar-refractivity contribution in [3.63, 3.8) is 0 Å². The number of nitrogens with one attached hydrogen (secondary N) is 1. The number of amides is 4. The van der Waals surface area contributed by atoms with Gasteiger partial charge < -0.3 is 41.7 Å². The van der Waals surface area contributed by atoms with Gasteiger partial charge in [-0.1, -0.05) is 32.9 Å². The SMILES string of the molecule is CC(=O)O.CC(=O)O[I-]c1ccccc1.CC(C)(C)N(C(=O)c1cccc(S(C)(=N)=O)c1)C(C)(C)C.CC(C)(C)OC(=O)N([C@@H](C(=O)O)C(C)(C)C)C(C)(C)C.CS(=O)c1cccc(C(=O)N(C(C)(C)C)C(C)(C)C)c1.N.NC(=O)O. The van der Waals surface area contributed by atoms with E-state index in [4.69, 9.17) is 32.4 Å². The molecule has 0 fully saturated rings. The van der Waals surface area contributed by atoms with E-state index >= 15 is 0 Å². The van der Waals surface area contributed by atoms with Gasteiger partial charge in [-0.3, -0.25) is 23.5 Å². The third-order valence-electron chi connectivity index (χ3n) is 9.63. The van der Waals surface area contributed by atoms with Crippen LogP contribution < -0.4 is 33.5 Å². The largest absolute Gasteiger partial charge is 0.480 e. The average molecular weight is 1290 g/mol. The Kier molecular flexibility index (Phi) is 33.8. The Morgan fingerprint density at radius 2 is 0.975 bits per heavy atom. The molecule has 3 aromatic rings. The average Bonchev–Trinajstić information content (AvgIpc) is 3.21. The van der Waals surface area contributed by atoms with Gasteiger partial charge in [0, 0.05) is 78.8 Å². The van der Waals surface area contributed by atoms with E-state index in [1.54, 1.807) is 117 Å². The predicted molar refractivity (Wildman–Crippen MR) is 318 cm³/mol. The van der Waals surface area contributed by atoms with E-state index in [9.17, 15) is 37.5 Å². The van der Waals surface area contributed by atoms with Gasteiger partial charge in [-0.05, 0) is 166 Å². The second-order valence-corrected chi connectivity index (χ2v) is 30.9. The van der Waals surface area contributed by atoms with Crippen molar-refractivity contribution in [2.75, 3.05) is 12.5 Å². The number of nitrogens with two attached hydrogens (primary N) is 1. The van der Waals surface area contributed by atoms with Gasteiger partial charge >= 0.3 is 94.4 Å². The Bertz CT molecular complexity index is 2610. The van der Waals surface area contributed by atoms with E-state index in [-0.39, 0.29) is 46.1 Å². The molecule has 81 heavy (non-hydrogen) atoms. The number of ether oxygens (including phenoxy) is 1. The number of benzene rings is 3. The predicted octanol–water partition coefficient (Wildman–Crippen LogP) is 9.05. The zero-order chi connectivity index (χ0) is 64.1. The van der Waals surface area contributed by atoms with Crippen LogP contribution in [0.4, 0.5) is 9.59 Å². The molecule has 20 nitrogen and oxygen atoms in total. The number of rotatable bonds is 8. The first-order chi connectivity index (χ1) is 35.5. The van der Waals surface area contributed by atoms with Crippen molar-refractivity contribution in [1.29, 1.82) is 4.78 Å². The number of carbonyl (C=O) groups is 7. The maximum absolute atomic E-state index is 12.9. The molecule has 0 heterocycles. The van der Waals surface area contributed by atoms with Crippen molar-refractivity contribution in [1.82, 2.24) is 20.9 Å². The van der Waals surface area contributed by atoms with Crippen LogP contribution in [0, 0.1) is 13.8 Å². The van der Waals surface area contributed by atoms with Crippen LogP contribution in [-0.2, 0) is 42.7 Å². The number of carbonyl (C=O) groups excluding carboxylic acids is 4. The third kappa shape index (κ3) is 34.4. The number of nitrogens with zero attached hydrogens (tertiary/aromatic N) is 3. The van der Waals surface area contributed by atoms with Crippen LogP contribution in [0.5, 0.6) is 0 Å². The fourth-order valence-corrected chi connectivity index (χ4v) is 10.2. The minimum absolute atomic E-state index is 0. The van der Waals surface area contributed by atoms with E-state index in [1.807, 2.05) is 123 Å². The fraction of sp³-hybridized carbons (Fsp3) is 0.569. The molecule has 2 unspecified atom stereocenters. The molecule has 0 saturated carbocycles. The molecule has 9 N–H and O–H groups in total. The quantitative estimate of drug-likeness (QED) is 0.115. The first-order valence-electron chi connectivity index (χ1n) is 25.3. The summed E-state index contributed by atoms with van der Waals surface area (Å²) in [5.74, 6) is -2.20. The molecule has 0 aliphatic rings. The smallest absolute Gasteiger partial charge is 0.411 e. The molecule has 0 bridgehead atoms. The van der Waals surface area contributed by atoms with Gasteiger partial charge in [-0.2, -0.15) is 0 Å². The molecule has 464 valence electrons. The Morgan fingerprint density at radius 1 is 0.617 bits per heavy atom. The molecule has 0 aliphatic carbocycles. The minimum atomic E-state index is -2.83. The van der Waals surface area contributed by atoms with Crippen LogP contribution >= 0.6 is 0 Å². The van der Waals surface area contributed by atoms with E-state index in [1.165, 1.54) is 18.1 Å². The van der Waals surface area contributed by atoms with Gasteiger partial charge in [-0.15, -0.1) is 0 Å². The molecule has 3 atom stereocenters.